The lowest BCUT2D eigenvalue weighted by molar-refractivity contribution is -0.139. The summed E-state index contributed by atoms with van der Waals surface area (Å²) in [5.74, 6) is -0.0964. The number of amides is 1. The molecule has 8 nitrogen and oxygen atoms in total. The Morgan fingerprint density at radius 2 is 2.00 bits per heavy atom. The summed E-state index contributed by atoms with van der Waals surface area (Å²) in [6.45, 7) is 4.87. The molecule has 35 heavy (non-hydrogen) atoms. The molecule has 1 N–H and O–H groups in total. The maximum Gasteiger partial charge on any atom is 0.295 e. The first-order valence-corrected chi connectivity index (χ1v) is 12.0. The number of ether oxygens (including phenoxy) is 2. The van der Waals surface area contributed by atoms with Crippen LogP contribution in [-0.2, 0) is 9.59 Å². The molecular formula is C27H33N3O5. The van der Waals surface area contributed by atoms with Crippen molar-refractivity contribution in [3.63, 3.8) is 0 Å². The highest BCUT2D eigenvalue weighted by Gasteiger charge is 2.46. The maximum atomic E-state index is 13.3. The molecule has 2 aromatic carbocycles. The Bertz CT molecular complexity index is 1140. The molecule has 0 spiro atoms. The van der Waals surface area contributed by atoms with Crippen LogP contribution in [0.4, 0.5) is 5.69 Å². The summed E-state index contributed by atoms with van der Waals surface area (Å²) in [7, 11) is 5.88. The van der Waals surface area contributed by atoms with Gasteiger partial charge >= 0.3 is 0 Å². The number of aliphatic hydroxyl groups is 1. The Morgan fingerprint density at radius 3 is 2.74 bits per heavy atom. The molecule has 2 heterocycles. The highest BCUT2D eigenvalue weighted by molar-refractivity contribution is 6.46. The number of hydrogen-bond donors (Lipinski definition) is 1. The minimum Gasteiger partial charge on any atom is -0.507 e. The fourth-order valence-corrected chi connectivity index (χ4v) is 4.61. The topological polar surface area (TPSA) is 82.5 Å². The smallest absolute Gasteiger partial charge is 0.295 e. The van der Waals surface area contributed by atoms with Gasteiger partial charge in [0, 0.05) is 19.2 Å². The Morgan fingerprint density at radius 1 is 1.20 bits per heavy atom. The van der Waals surface area contributed by atoms with Gasteiger partial charge in [-0.05, 0) is 69.9 Å². The summed E-state index contributed by atoms with van der Waals surface area (Å²) in [5.41, 5.74) is 2.11. The fraction of sp³-hybridized carbons (Fsp3) is 0.407. The number of hydrogen-bond acceptors (Lipinski definition) is 7. The molecule has 4 rings (SSSR count). The van der Waals surface area contributed by atoms with Gasteiger partial charge in [0.15, 0.2) is 0 Å². The minimum atomic E-state index is -0.706. The second-order valence-corrected chi connectivity index (χ2v) is 9.11. The van der Waals surface area contributed by atoms with Gasteiger partial charge in [0.05, 0.1) is 30.5 Å². The second kappa shape index (κ2) is 10.4. The van der Waals surface area contributed by atoms with E-state index >= 15 is 0 Å². The molecule has 8 heteroatoms. The summed E-state index contributed by atoms with van der Waals surface area (Å²) in [5, 5.41) is 11.4. The van der Waals surface area contributed by atoms with Crippen LogP contribution in [0.2, 0.25) is 0 Å². The molecule has 2 aliphatic heterocycles. The Kier molecular flexibility index (Phi) is 7.31. The summed E-state index contributed by atoms with van der Waals surface area (Å²) >= 11 is 0. The van der Waals surface area contributed by atoms with Crippen molar-refractivity contribution in [2.45, 2.75) is 19.4 Å². The number of aliphatic hydroxyl groups excluding tert-OH is 1. The third kappa shape index (κ3) is 4.98. The molecule has 2 aliphatic rings. The van der Waals surface area contributed by atoms with E-state index in [9.17, 15) is 14.7 Å². The predicted octanol–water partition coefficient (Wildman–Crippen LogP) is 3.29. The third-order valence-corrected chi connectivity index (χ3v) is 6.36. The normalized spacial score (nSPS) is 19.2. The molecule has 1 fully saturated rings. The second-order valence-electron chi connectivity index (χ2n) is 9.11. The third-order valence-electron chi connectivity index (χ3n) is 6.36. The first kappa shape index (κ1) is 24.6. The number of rotatable bonds is 8. The minimum absolute atomic E-state index is 0.0906. The van der Waals surface area contributed by atoms with Crippen molar-refractivity contribution in [2.75, 3.05) is 58.9 Å². The first-order chi connectivity index (χ1) is 16.8. The number of anilines is 1. The van der Waals surface area contributed by atoms with Crippen LogP contribution in [0.5, 0.6) is 11.5 Å². The molecule has 0 aromatic heterocycles. The molecule has 2 aromatic rings. The van der Waals surface area contributed by atoms with Crippen molar-refractivity contribution >= 4 is 23.1 Å². The van der Waals surface area contributed by atoms with Gasteiger partial charge in [0.1, 0.15) is 23.9 Å². The number of likely N-dealkylation sites (N-methyl/N-ethyl adjacent to an activating group) is 1. The Hall–Kier alpha value is -3.52. The molecule has 0 bridgehead atoms. The van der Waals surface area contributed by atoms with Gasteiger partial charge in [-0.15, -0.1) is 0 Å². The van der Waals surface area contributed by atoms with Gasteiger partial charge < -0.3 is 29.3 Å². The van der Waals surface area contributed by atoms with E-state index in [4.69, 9.17) is 9.47 Å². The first-order valence-electron chi connectivity index (χ1n) is 12.0. The highest BCUT2D eigenvalue weighted by Crippen LogP contribution is 2.41. The van der Waals surface area contributed by atoms with Gasteiger partial charge in [-0.3, -0.25) is 9.59 Å². The number of benzene rings is 2. The van der Waals surface area contributed by atoms with Crippen LogP contribution in [0.1, 0.15) is 30.5 Å². The lowest BCUT2D eigenvalue weighted by Gasteiger charge is -2.28. The van der Waals surface area contributed by atoms with E-state index in [0.29, 0.717) is 37.5 Å². The van der Waals surface area contributed by atoms with Gasteiger partial charge in [0.2, 0.25) is 0 Å². The highest BCUT2D eigenvalue weighted by atomic mass is 16.5. The van der Waals surface area contributed by atoms with Gasteiger partial charge in [0.25, 0.3) is 11.7 Å². The molecule has 186 valence electrons. The van der Waals surface area contributed by atoms with E-state index in [1.54, 1.807) is 23.1 Å². The number of nitrogens with zero attached hydrogens (tertiary/aromatic N) is 3. The van der Waals surface area contributed by atoms with Crippen molar-refractivity contribution in [1.29, 1.82) is 0 Å². The van der Waals surface area contributed by atoms with Crippen LogP contribution < -0.4 is 14.4 Å². The quantitative estimate of drug-likeness (QED) is 0.353. The van der Waals surface area contributed by atoms with E-state index in [1.807, 2.05) is 62.1 Å². The number of Topliss-reactive ketones (excluding diaryl/α,β-unsaturated/α-hetero) is 1. The van der Waals surface area contributed by atoms with Crippen LogP contribution >= 0.6 is 0 Å². The van der Waals surface area contributed by atoms with Crippen molar-refractivity contribution < 1.29 is 24.2 Å². The molecule has 1 amide bonds. The Labute approximate surface area is 206 Å². The van der Waals surface area contributed by atoms with E-state index < -0.39 is 17.7 Å². The summed E-state index contributed by atoms with van der Waals surface area (Å²) in [6.07, 6.45) is 0.697. The predicted molar refractivity (Wildman–Crippen MR) is 135 cm³/mol. The van der Waals surface area contributed by atoms with Gasteiger partial charge in [-0.25, -0.2) is 0 Å². The number of carbonyl (C=O) groups is 2. The van der Waals surface area contributed by atoms with Crippen LogP contribution in [0, 0.1) is 0 Å². The number of likely N-dealkylation sites (tertiary alicyclic amines) is 1. The monoisotopic (exact) mass is 479 g/mol. The maximum absolute atomic E-state index is 13.3. The Balaban J connectivity index is 1.80. The van der Waals surface area contributed by atoms with Crippen LogP contribution in [0.25, 0.3) is 5.76 Å². The lowest BCUT2D eigenvalue weighted by atomic mass is 9.94. The van der Waals surface area contributed by atoms with E-state index in [-0.39, 0.29) is 11.3 Å². The van der Waals surface area contributed by atoms with Crippen molar-refractivity contribution in [3.05, 3.63) is 59.2 Å². The number of ketones is 1. The molecule has 1 saturated heterocycles. The van der Waals surface area contributed by atoms with Gasteiger partial charge in [-0.2, -0.15) is 0 Å². The van der Waals surface area contributed by atoms with E-state index in [2.05, 4.69) is 0 Å². The van der Waals surface area contributed by atoms with E-state index in [0.717, 1.165) is 30.1 Å². The van der Waals surface area contributed by atoms with Crippen LogP contribution in [0.3, 0.4) is 0 Å². The average Bonchev–Trinajstić information content (AvgIpc) is 3.09. The van der Waals surface area contributed by atoms with Crippen molar-refractivity contribution in [2.24, 2.45) is 0 Å². The molecular weight excluding hydrogens is 446 g/mol. The zero-order valence-electron chi connectivity index (χ0n) is 20.8. The summed E-state index contributed by atoms with van der Waals surface area (Å²) < 4.78 is 11.4. The average molecular weight is 480 g/mol. The fourth-order valence-electron chi connectivity index (χ4n) is 4.61. The lowest BCUT2D eigenvalue weighted by Crippen LogP contribution is -2.32. The van der Waals surface area contributed by atoms with Gasteiger partial charge in [-0.1, -0.05) is 12.1 Å². The number of carbonyl (C=O) groups excluding carboxylic acids is 2. The molecule has 0 aliphatic carbocycles. The number of fused-ring (bicyclic) bond motifs is 1. The largest absolute Gasteiger partial charge is 0.507 e. The molecule has 1 unspecified atom stereocenters. The molecule has 0 saturated carbocycles. The zero-order valence-corrected chi connectivity index (χ0v) is 20.8. The van der Waals surface area contributed by atoms with Crippen LogP contribution in [-0.4, -0.2) is 80.6 Å². The summed E-state index contributed by atoms with van der Waals surface area (Å²) in [4.78, 5) is 32.1. The van der Waals surface area contributed by atoms with Crippen LogP contribution in [0.15, 0.2) is 48.0 Å². The van der Waals surface area contributed by atoms with Crippen molar-refractivity contribution in [3.8, 4) is 11.5 Å². The molecule has 0 radical (unpaired) electrons. The summed E-state index contributed by atoms with van der Waals surface area (Å²) in [6, 6.07) is 12.0. The zero-order chi connectivity index (χ0) is 25.1. The van der Waals surface area contributed by atoms with E-state index in [1.165, 1.54) is 0 Å². The SMILES string of the molecule is CCOc1cccc(C2/C(=C(/O)c3ccc4c(c3)N(C)CCO4)C(=O)C(=O)N2CCCN(C)C)c1. The van der Waals surface area contributed by atoms with Crippen molar-refractivity contribution in [1.82, 2.24) is 9.80 Å². The standard InChI is InChI=1S/C27H33N3O5/c1-5-34-20-9-6-8-18(16-20)24-23(26(32)27(33)30(24)13-7-12-28(2)3)25(31)19-10-11-22-21(17-19)29(4)14-15-35-22/h6,8-11,16-17,24,31H,5,7,12-15H2,1-4H3/b25-23-. The molecule has 1 atom stereocenters.